The van der Waals surface area contributed by atoms with Gasteiger partial charge in [0, 0.05) is 28.9 Å². The molecule has 0 bridgehead atoms. The monoisotopic (exact) mass is 371 g/mol. The normalized spacial score (nSPS) is 10.4. The number of anilines is 1. The van der Waals surface area contributed by atoms with Crippen molar-refractivity contribution in [2.75, 3.05) is 19.5 Å². The highest BCUT2D eigenvalue weighted by molar-refractivity contribution is 6.30. The van der Waals surface area contributed by atoms with Crippen LogP contribution in [0.2, 0.25) is 5.02 Å². The van der Waals surface area contributed by atoms with E-state index < -0.39 is 0 Å². The Hall–Kier alpha value is -2.99. The van der Waals surface area contributed by atoms with Crippen molar-refractivity contribution in [3.05, 3.63) is 70.9 Å². The lowest BCUT2D eigenvalue weighted by Crippen LogP contribution is -2.13. The molecule has 0 unspecified atom stereocenters. The lowest BCUT2D eigenvalue weighted by atomic mass is 10.2. The molecule has 3 aromatic rings. The molecule has 0 aliphatic rings. The summed E-state index contributed by atoms with van der Waals surface area (Å²) in [5.74, 6) is 1.25. The third-order valence-electron chi connectivity index (χ3n) is 3.73. The molecule has 0 aliphatic heterocycles. The van der Waals surface area contributed by atoms with E-state index in [1.165, 1.54) is 14.2 Å². The zero-order valence-corrected chi connectivity index (χ0v) is 15.2. The highest BCUT2D eigenvalue weighted by atomic mass is 35.5. The van der Waals surface area contributed by atoms with Crippen LogP contribution in [0.3, 0.4) is 0 Å². The van der Waals surface area contributed by atoms with Crippen molar-refractivity contribution >= 4 is 23.3 Å². The summed E-state index contributed by atoms with van der Waals surface area (Å²) in [6.07, 6.45) is 1.79. The molecule has 134 valence electrons. The second-order valence-electron chi connectivity index (χ2n) is 5.58. The molecule has 2 aromatic carbocycles. The van der Waals surface area contributed by atoms with Gasteiger partial charge < -0.3 is 14.8 Å². The van der Waals surface area contributed by atoms with Crippen LogP contribution in [0.4, 0.5) is 5.82 Å². The Morgan fingerprint density at radius 3 is 2.50 bits per heavy atom. The molecule has 0 saturated heterocycles. The molecule has 0 fully saturated rings. The average Bonchev–Trinajstić information content (AvgIpc) is 3.07. The number of carbonyl (C=O) groups is 1. The molecule has 0 aliphatic carbocycles. The van der Waals surface area contributed by atoms with Gasteiger partial charge in [0.1, 0.15) is 11.5 Å². The maximum atomic E-state index is 12.5. The van der Waals surface area contributed by atoms with Gasteiger partial charge >= 0.3 is 0 Å². The van der Waals surface area contributed by atoms with Crippen molar-refractivity contribution in [1.29, 1.82) is 0 Å². The Bertz CT molecular complexity index is 902. The average molecular weight is 372 g/mol. The van der Waals surface area contributed by atoms with E-state index >= 15 is 0 Å². The van der Waals surface area contributed by atoms with E-state index in [-0.39, 0.29) is 5.91 Å². The highest BCUT2D eigenvalue weighted by Gasteiger charge is 2.11. The van der Waals surface area contributed by atoms with Crippen LogP contribution < -0.4 is 14.8 Å². The number of halogens is 1. The van der Waals surface area contributed by atoms with Crippen molar-refractivity contribution in [2.45, 2.75) is 6.54 Å². The molecule has 6 nitrogen and oxygen atoms in total. The highest BCUT2D eigenvalue weighted by Crippen LogP contribution is 2.23. The van der Waals surface area contributed by atoms with Gasteiger partial charge in [-0.2, -0.15) is 5.10 Å². The molecule has 0 atom stereocenters. The molecule has 7 heteroatoms. The molecule has 3 rings (SSSR count). The van der Waals surface area contributed by atoms with Crippen LogP contribution in [-0.2, 0) is 6.54 Å². The molecular weight excluding hydrogens is 354 g/mol. The molecule has 1 aromatic heterocycles. The van der Waals surface area contributed by atoms with Gasteiger partial charge in [0.05, 0.1) is 20.8 Å². The zero-order chi connectivity index (χ0) is 18.5. The number of amides is 1. The molecule has 1 N–H and O–H groups in total. The number of benzene rings is 2. The van der Waals surface area contributed by atoms with Gasteiger partial charge in [-0.05, 0) is 29.8 Å². The van der Waals surface area contributed by atoms with Gasteiger partial charge in [-0.25, -0.2) is 0 Å². The van der Waals surface area contributed by atoms with Gasteiger partial charge in [-0.3, -0.25) is 9.48 Å². The van der Waals surface area contributed by atoms with E-state index in [9.17, 15) is 4.79 Å². The number of carbonyl (C=O) groups excluding carboxylic acids is 1. The van der Waals surface area contributed by atoms with Crippen molar-refractivity contribution in [1.82, 2.24) is 9.78 Å². The SMILES string of the molecule is COc1cc(OC)cc(C(=O)Nc2ccn(Cc3cccc(Cl)c3)n2)c1. The quantitative estimate of drug-likeness (QED) is 0.714. The molecule has 0 spiro atoms. The molecule has 0 radical (unpaired) electrons. The Kier molecular flexibility index (Phi) is 5.43. The summed E-state index contributed by atoms with van der Waals surface area (Å²) >= 11 is 6.00. The number of ether oxygens (including phenoxy) is 2. The third-order valence-corrected chi connectivity index (χ3v) is 3.96. The maximum Gasteiger partial charge on any atom is 0.257 e. The topological polar surface area (TPSA) is 65.4 Å². The number of nitrogens with one attached hydrogen (secondary N) is 1. The van der Waals surface area contributed by atoms with Crippen LogP contribution in [0.15, 0.2) is 54.7 Å². The van der Waals surface area contributed by atoms with Crippen molar-refractivity contribution < 1.29 is 14.3 Å². The fraction of sp³-hybridized carbons (Fsp3) is 0.158. The number of aromatic nitrogens is 2. The van der Waals surface area contributed by atoms with E-state index in [1.807, 2.05) is 24.3 Å². The lowest BCUT2D eigenvalue weighted by Gasteiger charge is -2.08. The van der Waals surface area contributed by atoms with Crippen LogP contribution >= 0.6 is 11.6 Å². The number of methoxy groups -OCH3 is 2. The Morgan fingerprint density at radius 1 is 1.12 bits per heavy atom. The van der Waals surface area contributed by atoms with Crippen molar-refractivity contribution in [3.63, 3.8) is 0 Å². The standard InChI is InChI=1S/C19H18ClN3O3/c1-25-16-9-14(10-17(11-16)26-2)19(24)21-18-6-7-23(22-18)12-13-4-3-5-15(20)8-13/h3-11H,12H2,1-2H3,(H,21,22,24). The van der Waals surface area contributed by atoms with Gasteiger partial charge in [0.2, 0.25) is 0 Å². The van der Waals surface area contributed by atoms with E-state index in [2.05, 4.69) is 10.4 Å². The molecule has 1 amide bonds. The second kappa shape index (κ2) is 7.93. The van der Waals surface area contributed by atoms with E-state index in [4.69, 9.17) is 21.1 Å². The van der Waals surface area contributed by atoms with E-state index in [0.29, 0.717) is 34.4 Å². The van der Waals surface area contributed by atoms with Gasteiger partial charge in [0.15, 0.2) is 5.82 Å². The van der Waals surface area contributed by atoms with Gasteiger partial charge in [-0.1, -0.05) is 23.7 Å². The van der Waals surface area contributed by atoms with Gasteiger partial charge in [-0.15, -0.1) is 0 Å². The summed E-state index contributed by atoms with van der Waals surface area (Å²) in [6, 6.07) is 14.3. The van der Waals surface area contributed by atoms with Gasteiger partial charge in [0.25, 0.3) is 5.91 Å². The van der Waals surface area contributed by atoms with Crippen LogP contribution in [0.1, 0.15) is 15.9 Å². The first-order valence-electron chi connectivity index (χ1n) is 7.89. The van der Waals surface area contributed by atoms with E-state index in [0.717, 1.165) is 5.56 Å². The molecule has 0 saturated carbocycles. The second-order valence-corrected chi connectivity index (χ2v) is 6.02. The summed E-state index contributed by atoms with van der Waals surface area (Å²) in [7, 11) is 3.07. The summed E-state index contributed by atoms with van der Waals surface area (Å²) in [5, 5.41) is 7.81. The number of rotatable bonds is 6. The van der Waals surface area contributed by atoms with Crippen LogP contribution in [0.25, 0.3) is 0 Å². The van der Waals surface area contributed by atoms with Crippen molar-refractivity contribution in [3.8, 4) is 11.5 Å². The summed E-state index contributed by atoms with van der Waals surface area (Å²) in [6.45, 7) is 0.559. The Morgan fingerprint density at radius 2 is 1.85 bits per heavy atom. The summed E-state index contributed by atoms with van der Waals surface area (Å²) in [5.41, 5.74) is 1.45. The fourth-order valence-corrected chi connectivity index (χ4v) is 2.68. The van der Waals surface area contributed by atoms with E-state index in [1.54, 1.807) is 35.1 Å². The third kappa shape index (κ3) is 4.34. The predicted molar refractivity (Wildman–Crippen MR) is 100 cm³/mol. The van der Waals surface area contributed by atoms with Crippen LogP contribution in [0, 0.1) is 0 Å². The first-order chi connectivity index (χ1) is 12.6. The van der Waals surface area contributed by atoms with Crippen LogP contribution in [0.5, 0.6) is 11.5 Å². The minimum Gasteiger partial charge on any atom is -0.497 e. The lowest BCUT2D eigenvalue weighted by molar-refractivity contribution is 0.102. The summed E-state index contributed by atoms with van der Waals surface area (Å²) in [4.78, 5) is 12.5. The van der Waals surface area contributed by atoms with Crippen LogP contribution in [-0.4, -0.2) is 29.9 Å². The minimum absolute atomic E-state index is 0.296. The maximum absolute atomic E-state index is 12.5. The first-order valence-corrected chi connectivity index (χ1v) is 8.27. The minimum atomic E-state index is -0.296. The number of hydrogen-bond acceptors (Lipinski definition) is 4. The first kappa shape index (κ1) is 17.8. The Balaban J connectivity index is 1.71. The molecule has 1 heterocycles. The Labute approximate surface area is 156 Å². The number of hydrogen-bond donors (Lipinski definition) is 1. The molecule has 26 heavy (non-hydrogen) atoms. The molecular formula is C19H18ClN3O3. The predicted octanol–water partition coefficient (Wildman–Crippen LogP) is 3.85. The number of nitrogens with zero attached hydrogens (tertiary/aromatic N) is 2. The van der Waals surface area contributed by atoms with Crippen molar-refractivity contribution in [2.24, 2.45) is 0 Å². The zero-order valence-electron chi connectivity index (χ0n) is 14.4. The smallest absolute Gasteiger partial charge is 0.257 e. The summed E-state index contributed by atoms with van der Waals surface area (Å²) < 4.78 is 12.1. The largest absolute Gasteiger partial charge is 0.497 e. The fourth-order valence-electron chi connectivity index (χ4n) is 2.47.